The minimum Gasteiger partial charge on any atom is -0.487 e. The molecule has 1 heterocycles. The molecule has 0 fully saturated rings. The van der Waals surface area contributed by atoms with Crippen LogP contribution in [0.2, 0.25) is 0 Å². The lowest BCUT2D eigenvalue weighted by Crippen LogP contribution is -2.35. The largest absolute Gasteiger partial charge is 0.487 e. The van der Waals surface area contributed by atoms with Gasteiger partial charge in [0.2, 0.25) is 0 Å². The molecule has 0 N–H and O–H groups in total. The summed E-state index contributed by atoms with van der Waals surface area (Å²) in [5, 5.41) is 0. The number of anilines is 2. The Bertz CT molecular complexity index is 611. The summed E-state index contributed by atoms with van der Waals surface area (Å²) in [4.78, 5) is 2.31. The quantitative estimate of drug-likeness (QED) is 0.757. The molecule has 2 nitrogen and oxygen atoms in total. The number of rotatable bonds is 1. The molecule has 19 heavy (non-hydrogen) atoms. The zero-order chi connectivity index (χ0) is 13.4. The Labute approximate surface area is 122 Å². The van der Waals surface area contributed by atoms with Crippen molar-refractivity contribution in [1.29, 1.82) is 0 Å². The highest BCUT2D eigenvalue weighted by Gasteiger charge is 2.24. The van der Waals surface area contributed by atoms with Gasteiger partial charge in [-0.05, 0) is 59.6 Å². The standard InChI is InChI=1S/C16H16BrNO/c1-11-7-8-14(13(17)9-11)18-10-12(2)19-16-6-4-3-5-15(16)18/h3-9,12H,10H2,1-2H3. The first-order chi connectivity index (χ1) is 9.15. The van der Waals surface area contributed by atoms with E-state index in [4.69, 9.17) is 4.74 Å². The molecule has 98 valence electrons. The average molecular weight is 318 g/mol. The summed E-state index contributed by atoms with van der Waals surface area (Å²) in [6, 6.07) is 14.6. The Morgan fingerprint density at radius 2 is 1.95 bits per heavy atom. The summed E-state index contributed by atoms with van der Waals surface area (Å²) in [5.41, 5.74) is 3.57. The van der Waals surface area contributed by atoms with Gasteiger partial charge >= 0.3 is 0 Å². The minimum absolute atomic E-state index is 0.183. The molecule has 0 aliphatic carbocycles. The number of nitrogens with zero attached hydrogens (tertiary/aromatic N) is 1. The highest BCUT2D eigenvalue weighted by atomic mass is 79.9. The van der Waals surface area contributed by atoms with E-state index in [1.54, 1.807) is 0 Å². The van der Waals surface area contributed by atoms with Crippen LogP contribution in [0.15, 0.2) is 46.9 Å². The normalized spacial score (nSPS) is 17.8. The van der Waals surface area contributed by atoms with Gasteiger partial charge in [-0.15, -0.1) is 0 Å². The Morgan fingerprint density at radius 1 is 1.16 bits per heavy atom. The first-order valence-corrected chi connectivity index (χ1v) is 7.24. The second-order valence-corrected chi connectivity index (χ2v) is 5.82. The van der Waals surface area contributed by atoms with Crippen LogP contribution in [-0.4, -0.2) is 12.6 Å². The van der Waals surface area contributed by atoms with Crippen molar-refractivity contribution in [2.45, 2.75) is 20.0 Å². The summed E-state index contributed by atoms with van der Waals surface area (Å²) in [5.74, 6) is 0.953. The molecule has 3 rings (SSSR count). The zero-order valence-electron chi connectivity index (χ0n) is 11.1. The zero-order valence-corrected chi connectivity index (χ0v) is 12.6. The summed E-state index contributed by atoms with van der Waals surface area (Å²) in [7, 11) is 0. The lowest BCUT2D eigenvalue weighted by Gasteiger charge is -2.35. The van der Waals surface area contributed by atoms with Crippen molar-refractivity contribution in [1.82, 2.24) is 0 Å². The van der Waals surface area contributed by atoms with E-state index in [9.17, 15) is 0 Å². The molecule has 0 aromatic heterocycles. The number of halogens is 1. The number of fused-ring (bicyclic) bond motifs is 1. The highest BCUT2D eigenvalue weighted by molar-refractivity contribution is 9.10. The summed E-state index contributed by atoms with van der Waals surface area (Å²) >= 11 is 3.67. The molecule has 0 amide bonds. The third-order valence-corrected chi connectivity index (χ3v) is 3.95. The van der Waals surface area contributed by atoms with Gasteiger partial charge in [-0.25, -0.2) is 0 Å². The van der Waals surface area contributed by atoms with E-state index < -0.39 is 0 Å². The maximum Gasteiger partial charge on any atom is 0.143 e. The second-order valence-electron chi connectivity index (χ2n) is 4.96. The maximum atomic E-state index is 5.89. The minimum atomic E-state index is 0.183. The van der Waals surface area contributed by atoms with Crippen LogP contribution in [0.3, 0.4) is 0 Å². The van der Waals surface area contributed by atoms with Crippen LogP contribution in [0, 0.1) is 6.92 Å². The maximum absolute atomic E-state index is 5.89. The van der Waals surface area contributed by atoms with Crippen LogP contribution in [0.5, 0.6) is 5.75 Å². The van der Waals surface area contributed by atoms with Crippen LogP contribution in [0.4, 0.5) is 11.4 Å². The van der Waals surface area contributed by atoms with Crippen molar-refractivity contribution in [3.05, 3.63) is 52.5 Å². The molecule has 1 aliphatic heterocycles. The van der Waals surface area contributed by atoms with Crippen molar-refractivity contribution in [3.63, 3.8) is 0 Å². The monoisotopic (exact) mass is 317 g/mol. The van der Waals surface area contributed by atoms with E-state index in [-0.39, 0.29) is 6.10 Å². The first-order valence-electron chi connectivity index (χ1n) is 6.44. The van der Waals surface area contributed by atoms with Gasteiger partial charge in [0.1, 0.15) is 11.9 Å². The Morgan fingerprint density at radius 3 is 2.74 bits per heavy atom. The Hall–Kier alpha value is -1.48. The van der Waals surface area contributed by atoms with Gasteiger partial charge in [0.05, 0.1) is 17.9 Å². The van der Waals surface area contributed by atoms with E-state index in [1.165, 1.54) is 11.3 Å². The summed E-state index contributed by atoms with van der Waals surface area (Å²) < 4.78 is 7.01. The SMILES string of the molecule is Cc1ccc(N2CC(C)Oc3ccccc32)c(Br)c1. The van der Waals surface area contributed by atoms with Crippen LogP contribution in [0.25, 0.3) is 0 Å². The van der Waals surface area contributed by atoms with Gasteiger partial charge < -0.3 is 9.64 Å². The van der Waals surface area contributed by atoms with E-state index in [1.807, 2.05) is 18.2 Å². The Kier molecular flexibility index (Phi) is 3.23. The molecule has 1 aliphatic rings. The first kappa shape index (κ1) is 12.5. The fourth-order valence-corrected chi connectivity index (χ4v) is 3.16. The van der Waals surface area contributed by atoms with E-state index in [0.717, 1.165) is 22.5 Å². The van der Waals surface area contributed by atoms with Gasteiger partial charge in [0.25, 0.3) is 0 Å². The predicted octanol–water partition coefficient (Wildman–Crippen LogP) is 4.68. The highest BCUT2D eigenvalue weighted by Crippen LogP contribution is 2.40. The molecule has 0 spiro atoms. The molecule has 0 saturated carbocycles. The number of para-hydroxylation sites is 2. The fraction of sp³-hybridized carbons (Fsp3) is 0.250. The third-order valence-electron chi connectivity index (χ3n) is 3.32. The average Bonchev–Trinajstić information content (AvgIpc) is 2.38. The number of hydrogen-bond donors (Lipinski definition) is 0. The predicted molar refractivity (Wildman–Crippen MR) is 82.4 cm³/mol. The molecule has 2 aromatic carbocycles. The van der Waals surface area contributed by atoms with Crippen LogP contribution >= 0.6 is 15.9 Å². The Balaban J connectivity index is 2.10. The molecule has 0 radical (unpaired) electrons. The fourth-order valence-electron chi connectivity index (χ4n) is 2.45. The molecule has 0 saturated heterocycles. The van der Waals surface area contributed by atoms with Crippen LogP contribution < -0.4 is 9.64 Å². The van der Waals surface area contributed by atoms with Gasteiger partial charge in [-0.1, -0.05) is 18.2 Å². The van der Waals surface area contributed by atoms with Crippen molar-refractivity contribution in [2.24, 2.45) is 0 Å². The van der Waals surface area contributed by atoms with Crippen LogP contribution in [-0.2, 0) is 0 Å². The summed E-state index contributed by atoms with van der Waals surface area (Å²) in [6.45, 7) is 5.06. The number of aryl methyl sites for hydroxylation is 1. The number of ether oxygens (including phenoxy) is 1. The molecule has 0 bridgehead atoms. The topological polar surface area (TPSA) is 12.5 Å². The number of hydrogen-bond acceptors (Lipinski definition) is 2. The van der Waals surface area contributed by atoms with Crippen molar-refractivity contribution in [3.8, 4) is 5.75 Å². The van der Waals surface area contributed by atoms with Gasteiger partial charge in [0.15, 0.2) is 0 Å². The van der Waals surface area contributed by atoms with Crippen molar-refractivity contribution >= 4 is 27.3 Å². The molecular weight excluding hydrogens is 302 g/mol. The molecular formula is C16H16BrNO. The van der Waals surface area contributed by atoms with E-state index in [0.29, 0.717) is 0 Å². The van der Waals surface area contributed by atoms with Gasteiger partial charge in [-0.2, -0.15) is 0 Å². The lowest BCUT2D eigenvalue weighted by atomic mass is 10.1. The molecule has 2 aromatic rings. The van der Waals surface area contributed by atoms with Crippen molar-refractivity contribution in [2.75, 3.05) is 11.4 Å². The second kappa shape index (κ2) is 4.89. The van der Waals surface area contributed by atoms with Crippen LogP contribution in [0.1, 0.15) is 12.5 Å². The third kappa shape index (κ3) is 2.35. The van der Waals surface area contributed by atoms with Gasteiger partial charge in [-0.3, -0.25) is 0 Å². The van der Waals surface area contributed by atoms with Crippen molar-refractivity contribution < 1.29 is 4.74 Å². The smallest absolute Gasteiger partial charge is 0.143 e. The molecule has 1 unspecified atom stereocenters. The van der Waals surface area contributed by atoms with E-state index >= 15 is 0 Å². The molecule has 3 heteroatoms. The summed E-state index contributed by atoms with van der Waals surface area (Å²) in [6.07, 6.45) is 0.183. The van der Waals surface area contributed by atoms with E-state index in [2.05, 4.69) is 58.9 Å². The number of benzene rings is 2. The lowest BCUT2D eigenvalue weighted by molar-refractivity contribution is 0.217. The molecule has 1 atom stereocenters. The van der Waals surface area contributed by atoms with Gasteiger partial charge in [0, 0.05) is 4.47 Å².